The van der Waals surface area contributed by atoms with Crippen LogP contribution in [-0.2, 0) is 6.54 Å². The maximum absolute atomic E-state index is 12.0. The minimum Gasteiger partial charge on any atom is -0.392 e. The molecule has 4 heteroatoms. The zero-order valence-corrected chi connectivity index (χ0v) is 11.6. The summed E-state index contributed by atoms with van der Waals surface area (Å²) in [6, 6.07) is 7.59. The number of rotatable bonds is 5. The predicted octanol–water partition coefficient (Wildman–Crippen LogP) is 1.20. The molecule has 18 heavy (non-hydrogen) atoms. The van der Waals surface area contributed by atoms with Crippen LogP contribution in [0.4, 0.5) is 0 Å². The number of aliphatic hydroxyl groups is 1. The van der Waals surface area contributed by atoms with Gasteiger partial charge in [0.2, 0.25) is 0 Å². The smallest absolute Gasteiger partial charge is 0.253 e. The molecule has 1 unspecified atom stereocenters. The van der Waals surface area contributed by atoms with Crippen LogP contribution in [0.15, 0.2) is 24.3 Å². The molecule has 0 spiro atoms. The monoisotopic (exact) mass is 250 g/mol. The minimum absolute atomic E-state index is 0.0627. The van der Waals surface area contributed by atoms with Crippen molar-refractivity contribution >= 4 is 5.91 Å². The van der Waals surface area contributed by atoms with Crippen molar-refractivity contribution in [1.29, 1.82) is 0 Å². The summed E-state index contributed by atoms with van der Waals surface area (Å²) in [5, 5.41) is 9.26. The average molecular weight is 250 g/mol. The normalized spacial score (nSPS) is 12.6. The van der Waals surface area contributed by atoms with Crippen LogP contribution in [0, 0.1) is 0 Å². The zero-order valence-electron chi connectivity index (χ0n) is 11.6. The molecule has 1 rings (SSSR count). The number of likely N-dealkylation sites (N-methyl/N-ethyl adjacent to an activating group) is 1. The lowest BCUT2D eigenvalue weighted by Crippen LogP contribution is -2.33. The molecule has 1 N–H and O–H groups in total. The second-order valence-corrected chi connectivity index (χ2v) is 4.97. The molecule has 100 valence electrons. The first kappa shape index (κ1) is 14.7. The Labute approximate surface area is 109 Å². The van der Waals surface area contributed by atoms with Gasteiger partial charge in [-0.15, -0.1) is 0 Å². The average Bonchev–Trinajstić information content (AvgIpc) is 2.27. The summed E-state index contributed by atoms with van der Waals surface area (Å²) in [5.41, 5.74) is 1.83. The molecule has 1 aromatic carbocycles. The van der Waals surface area contributed by atoms with Gasteiger partial charge in [0.15, 0.2) is 0 Å². The Kier molecular flexibility index (Phi) is 5.31. The van der Waals surface area contributed by atoms with Gasteiger partial charge in [0.05, 0.1) is 6.10 Å². The van der Waals surface area contributed by atoms with E-state index in [4.69, 9.17) is 0 Å². The van der Waals surface area contributed by atoms with Crippen molar-refractivity contribution in [2.75, 3.05) is 27.7 Å². The second-order valence-electron chi connectivity index (χ2n) is 4.97. The van der Waals surface area contributed by atoms with Gasteiger partial charge < -0.3 is 14.9 Å². The van der Waals surface area contributed by atoms with Crippen molar-refractivity contribution in [2.24, 2.45) is 0 Å². The topological polar surface area (TPSA) is 43.8 Å². The van der Waals surface area contributed by atoms with Crippen molar-refractivity contribution < 1.29 is 9.90 Å². The van der Waals surface area contributed by atoms with Crippen molar-refractivity contribution in [2.45, 2.75) is 19.6 Å². The number of carbonyl (C=O) groups is 1. The summed E-state index contributed by atoms with van der Waals surface area (Å²) in [5.74, 6) is -0.0627. The van der Waals surface area contributed by atoms with E-state index in [1.807, 2.05) is 38.4 Å². The van der Waals surface area contributed by atoms with Crippen molar-refractivity contribution in [3.63, 3.8) is 0 Å². The molecule has 0 saturated carbocycles. The van der Waals surface area contributed by atoms with Crippen LogP contribution in [0.3, 0.4) is 0 Å². The molecule has 1 amide bonds. The van der Waals surface area contributed by atoms with E-state index in [9.17, 15) is 9.90 Å². The Bertz CT molecular complexity index is 385. The van der Waals surface area contributed by atoms with E-state index in [1.165, 1.54) is 10.5 Å². The van der Waals surface area contributed by atoms with Gasteiger partial charge in [-0.05, 0) is 38.7 Å². The zero-order chi connectivity index (χ0) is 13.7. The molecule has 0 saturated heterocycles. The van der Waals surface area contributed by atoms with E-state index in [0.29, 0.717) is 12.1 Å². The third-order valence-corrected chi connectivity index (χ3v) is 2.58. The molecule has 1 atom stereocenters. The van der Waals surface area contributed by atoms with Crippen molar-refractivity contribution in [1.82, 2.24) is 9.80 Å². The molecule has 0 bridgehead atoms. The van der Waals surface area contributed by atoms with Gasteiger partial charge in [-0.1, -0.05) is 12.1 Å². The third-order valence-electron chi connectivity index (χ3n) is 2.58. The molecule has 0 fully saturated rings. The summed E-state index contributed by atoms with van der Waals surface area (Å²) in [4.78, 5) is 15.6. The first-order chi connectivity index (χ1) is 8.40. The molecule has 0 aromatic heterocycles. The number of hydrogen-bond acceptors (Lipinski definition) is 3. The Morgan fingerprint density at radius 3 is 2.22 bits per heavy atom. The van der Waals surface area contributed by atoms with E-state index in [0.717, 1.165) is 6.54 Å². The van der Waals surface area contributed by atoms with E-state index < -0.39 is 6.10 Å². The molecular formula is C14H22N2O2. The Balaban J connectivity index is 2.69. The number of benzene rings is 1. The molecule has 0 radical (unpaired) electrons. The molecule has 0 aliphatic rings. The van der Waals surface area contributed by atoms with Gasteiger partial charge in [0, 0.05) is 25.7 Å². The highest BCUT2D eigenvalue weighted by molar-refractivity contribution is 5.94. The van der Waals surface area contributed by atoms with Crippen LogP contribution in [0.2, 0.25) is 0 Å². The fraction of sp³-hybridized carbons (Fsp3) is 0.500. The Hall–Kier alpha value is -1.39. The largest absolute Gasteiger partial charge is 0.392 e. The fourth-order valence-corrected chi connectivity index (χ4v) is 1.82. The van der Waals surface area contributed by atoms with Crippen molar-refractivity contribution in [3.8, 4) is 0 Å². The Morgan fingerprint density at radius 1 is 1.22 bits per heavy atom. The lowest BCUT2D eigenvalue weighted by Gasteiger charge is -2.19. The number of carbonyl (C=O) groups excluding carboxylic acids is 1. The number of hydrogen-bond donors (Lipinski definition) is 1. The van der Waals surface area contributed by atoms with Gasteiger partial charge in [-0.3, -0.25) is 4.79 Å². The van der Waals surface area contributed by atoms with Gasteiger partial charge in [0.1, 0.15) is 0 Å². The fourth-order valence-electron chi connectivity index (χ4n) is 1.82. The Morgan fingerprint density at radius 2 is 1.78 bits per heavy atom. The third kappa shape index (κ3) is 4.47. The standard InChI is InChI=1S/C14H22N2O2/c1-11(17)9-16(4)14(18)13-7-5-12(6-8-13)10-15(2)3/h5-8,11,17H,9-10H2,1-4H3. The van der Waals surface area contributed by atoms with Crippen LogP contribution >= 0.6 is 0 Å². The number of aliphatic hydroxyl groups excluding tert-OH is 1. The summed E-state index contributed by atoms with van der Waals surface area (Å²) < 4.78 is 0. The van der Waals surface area contributed by atoms with E-state index in [2.05, 4.69) is 4.90 Å². The van der Waals surface area contributed by atoms with Crippen LogP contribution in [-0.4, -0.2) is 54.6 Å². The first-order valence-electron chi connectivity index (χ1n) is 6.07. The molecule has 1 aromatic rings. The molecule has 0 heterocycles. The minimum atomic E-state index is -0.507. The van der Waals surface area contributed by atoms with E-state index in [-0.39, 0.29) is 5.91 Å². The lowest BCUT2D eigenvalue weighted by molar-refractivity contribution is 0.0703. The summed E-state index contributed by atoms with van der Waals surface area (Å²) in [7, 11) is 5.72. The number of nitrogens with zero attached hydrogens (tertiary/aromatic N) is 2. The van der Waals surface area contributed by atoms with Gasteiger partial charge in [0.25, 0.3) is 5.91 Å². The quantitative estimate of drug-likeness (QED) is 0.854. The highest BCUT2D eigenvalue weighted by Gasteiger charge is 2.13. The van der Waals surface area contributed by atoms with Gasteiger partial charge in [-0.25, -0.2) is 0 Å². The molecule has 0 aliphatic carbocycles. The summed E-state index contributed by atoms with van der Waals surface area (Å²) in [6.45, 7) is 2.88. The first-order valence-corrected chi connectivity index (χ1v) is 6.07. The van der Waals surface area contributed by atoms with Gasteiger partial charge in [-0.2, -0.15) is 0 Å². The maximum atomic E-state index is 12.0. The van der Waals surface area contributed by atoms with Crippen LogP contribution in [0.5, 0.6) is 0 Å². The predicted molar refractivity (Wildman–Crippen MR) is 72.5 cm³/mol. The maximum Gasteiger partial charge on any atom is 0.253 e. The molecule has 4 nitrogen and oxygen atoms in total. The van der Waals surface area contributed by atoms with E-state index in [1.54, 1.807) is 14.0 Å². The van der Waals surface area contributed by atoms with Crippen LogP contribution in [0.25, 0.3) is 0 Å². The highest BCUT2D eigenvalue weighted by Crippen LogP contribution is 2.08. The summed E-state index contributed by atoms with van der Waals surface area (Å²) in [6.07, 6.45) is -0.507. The van der Waals surface area contributed by atoms with Crippen molar-refractivity contribution in [3.05, 3.63) is 35.4 Å². The summed E-state index contributed by atoms with van der Waals surface area (Å²) >= 11 is 0. The highest BCUT2D eigenvalue weighted by atomic mass is 16.3. The SMILES string of the molecule is CC(O)CN(C)C(=O)c1ccc(CN(C)C)cc1. The molecule has 0 aliphatic heterocycles. The molecular weight excluding hydrogens is 228 g/mol. The number of amides is 1. The van der Waals surface area contributed by atoms with E-state index >= 15 is 0 Å². The van der Waals surface area contributed by atoms with Crippen LogP contribution in [0.1, 0.15) is 22.8 Å². The van der Waals surface area contributed by atoms with Gasteiger partial charge >= 0.3 is 0 Å². The lowest BCUT2D eigenvalue weighted by atomic mass is 10.1. The van der Waals surface area contributed by atoms with Crippen LogP contribution < -0.4 is 0 Å². The second kappa shape index (κ2) is 6.52.